The number of unbranched alkanes of at least 4 members (excludes halogenated alkanes) is 3. The number of piperazine rings is 1. The molecule has 114 valence electrons. The van der Waals surface area contributed by atoms with E-state index in [4.69, 9.17) is 5.73 Å². The average molecular weight is 269 g/mol. The van der Waals surface area contributed by atoms with Crippen LogP contribution >= 0.6 is 0 Å². The smallest absolute Gasteiger partial charge is 0.0304 e. The van der Waals surface area contributed by atoms with Crippen molar-refractivity contribution in [1.82, 2.24) is 9.80 Å². The van der Waals surface area contributed by atoms with E-state index in [2.05, 4.69) is 44.5 Å². The van der Waals surface area contributed by atoms with Crippen LogP contribution in [-0.2, 0) is 0 Å². The first kappa shape index (κ1) is 16.9. The summed E-state index contributed by atoms with van der Waals surface area (Å²) in [6.45, 7) is 13.5. The maximum absolute atomic E-state index is 6.12. The van der Waals surface area contributed by atoms with Crippen LogP contribution in [0, 0.1) is 0 Å². The molecule has 0 aromatic heterocycles. The van der Waals surface area contributed by atoms with Crippen LogP contribution in [0.1, 0.15) is 59.8 Å². The Labute approximate surface area is 120 Å². The summed E-state index contributed by atoms with van der Waals surface area (Å²) in [4.78, 5) is 5.11. The molecule has 1 fully saturated rings. The van der Waals surface area contributed by atoms with Gasteiger partial charge in [-0.3, -0.25) is 9.80 Å². The molecule has 0 saturated carbocycles. The SMILES string of the molecule is CCCCCCC(C)(CN)N1CCN(C)C(C)(C)C1. The molecular weight excluding hydrogens is 234 g/mol. The monoisotopic (exact) mass is 269 g/mol. The molecule has 1 aliphatic heterocycles. The molecule has 0 aliphatic carbocycles. The van der Waals surface area contributed by atoms with E-state index < -0.39 is 0 Å². The molecule has 1 rings (SSSR count). The van der Waals surface area contributed by atoms with Gasteiger partial charge in [-0.15, -0.1) is 0 Å². The largest absolute Gasteiger partial charge is 0.329 e. The van der Waals surface area contributed by atoms with E-state index in [0.717, 1.165) is 26.2 Å². The number of likely N-dealkylation sites (N-methyl/N-ethyl adjacent to an activating group) is 1. The molecule has 1 aliphatic rings. The van der Waals surface area contributed by atoms with Gasteiger partial charge in [-0.1, -0.05) is 32.6 Å². The van der Waals surface area contributed by atoms with Crippen molar-refractivity contribution in [2.75, 3.05) is 33.2 Å². The predicted octanol–water partition coefficient (Wildman–Crippen LogP) is 2.70. The van der Waals surface area contributed by atoms with E-state index in [1.54, 1.807) is 0 Å². The maximum Gasteiger partial charge on any atom is 0.0304 e. The summed E-state index contributed by atoms with van der Waals surface area (Å²) in [6, 6.07) is 0. The van der Waals surface area contributed by atoms with Gasteiger partial charge in [-0.25, -0.2) is 0 Å². The van der Waals surface area contributed by atoms with Crippen LogP contribution in [0.3, 0.4) is 0 Å². The first-order valence-corrected chi connectivity index (χ1v) is 8.02. The van der Waals surface area contributed by atoms with E-state index in [1.807, 2.05) is 0 Å². The summed E-state index contributed by atoms with van der Waals surface area (Å²) in [5.74, 6) is 0. The number of rotatable bonds is 7. The second-order valence-corrected chi connectivity index (χ2v) is 7.17. The normalized spacial score (nSPS) is 24.3. The minimum absolute atomic E-state index is 0.187. The molecule has 3 nitrogen and oxygen atoms in total. The highest BCUT2D eigenvalue weighted by Gasteiger charge is 2.38. The Hall–Kier alpha value is -0.120. The van der Waals surface area contributed by atoms with Gasteiger partial charge in [0.2, 0.25) is 0 Å². The van der Waals surface area contributed by atoms with Crippen molar-refractivity contribution < 1.29 is 0 Å². The van der Waals surface area contributed by atoms with Crippen LogP contribution < -0.4 is 5.73 Å². The topological polar surface area (TPSA) is 32.5 Å². The standard InChI is InChI=1S/C16H35N3/c1-6-7-8-9-10-16(4,13-17)19-12-11-18(5)15(2,3)14-19/h6-14,17H2,1-5H3. The quantitative estimate of drug-likeness (QED) is 0.721. The first-order valence-electron chi connectivity index (χ1n) is 8.02. The van der Waals surface area contributed by atoms with Gasteiger partial charge in [0, 0.05) is 37.3 Å². The minimum atomic E-state index is 0.187. The van der Waals surface area contributed by atoms with Crippen LogP contribution in [0.25, 0.3) is 0 Å². The summed E-state index contributed by atoms with van der Waals surface area (Å²) >= 11 is 0. The van der Waals surface area contributed by atoms with Gasteiger partial charge in [-0.05, 0) is 34.2 Å². The lowest BCUT2D eigenvalue weighted by atomic mass is 9.88. The predicted molar refractivity (Wildman–Crippen MR) is 84.5 cm³/mol. The number of hydrogen-bond acceptors (Lipinski definition) is 3. The van der Waals surface area contributed by atoms with Gasteiger partial charge in [-0.2, -0.15) is 0 Å². The lowest BCUT2D eigenvalue weighted by Crippen LogP contribution is -2.64. The van der Waals surface area contributed by atoms with Crippen LogP contribution in [0.4, 0.5) is 0 Å². The van der Waals surface area contributed by atoms with Crippen molar-refractivity contribution in [3.8, 4) is 0 Å². The fourth-order valence-electron chi connectivity index (χ4n) is 3.02. The zero-order chi connectivity index (χ0) is 14.5. The van der Waals surface area contributed by atoms with Gasteiger partial charge in [0.25, 0.3) is 0 Å². The first-order chi connectivity index (χ1) is 8.85. The van der Waals surface area contributed by atoms with Crippen LogP contribution in [0.5, 0.6) is 0 Å². The maximum atomic E-state index is 6.12. The third-order valence-electron chi connectivity index (χ3n) is 5.09. The molecule has 1 unspecified atom stereocenters. The van der Waals surface area contributed by atoms with Gasteiger partial charge < -0.3 is 5.73 Å². The second kappa shape index (κ2) is 7.05. The molecule has 1 saturated heterocycles. The van der Waals surface area contributed by atoms with Crippen molar-refractivity contribution in [3.05, 3.63) is 0 Å². The van der Waals surface area contributed by atoms with Crippen molar-refractivity contribution in [3.63, 3.8) is 0 Å². The van der Waals surface area contributed by atoms with Crippen LogP contribution in [-0.4, -0.2) is 54.1 Å². The van der Waals surface area contributed by atoms with Crippen molar-refractivity contribution in [2.24, 2.45) is 5.73 Å². The lowest BCUT2D eigenvalue weighted by molar-refractivity contribution is -0.0192. The highest BCUT2D eigenvalue weighted by molar-refractivity contribution is 4.96. The van der Waals surface area contributed by atoms with Crippen molar-refractivity contribution in [1.29, 1.82) is 0 Å². The van der Waals surface area contributed by atoms with E-state index in [0.29, 0.717) is 0 Å². The molecule has 3 heteroatoms. The summed E-state index contributed by atoms with van der Waals surface area (Å²) in [7, 11) is 2.23. The summed E-state index contributed by atoms with van der Waals surface area (Å²) in [6.07, 6.45) is 6.57. The highest BCUT2D eigenvalue weighted by atomic mass is 15.3. The third-order valence-corrected chi connectivity index (χ3v) is 5.09. The highest BCUT2D eigenvalue weighted by Crippen LogP contribution is 2.28. The van der Waals surface area contributed by atoms with E-state index in [1.165, 1.54) is 32.1 Å². The molecular formula is C16H35N3. The number of nitrogens with zero attached hydrogens (tertiary/aromatic N) is 2. The molecule has 19 heavy (non-hydrogen) atoms. The summed E-state index contributed by atoms with van der Waals surface area (Å²) in [5, 5.41) is 0. The van der Waals surface area contributed by atoms with Crippen molar-refractivity contribution >= 4 is 0 Å². The molecule has 0 amide bonds. The Kier molecular flexibility index (Phi) is 6.28. The summed E-state index contributed by atoms with van der Waals surface area (Å²) in [5.41, 5.74) is 6.57. The van der Waals surface area contributed by atoms with Crippen molar-refractivity contribution in [2.45, 2.75) is 70.9 Å². The minimum Gasteiger partial charge on any atom is -0.329 e. The Morgan fingerprint density at radius 3 is 2.37 bits per heavy atom. The van der Waals surface area contributed by atoms with E-state index in [-0.39, 0.29) is 11.1 Å². The molecule has 2 N–H and O–H groups in total. The zero-order valence-corrected chi connectivity index (χ0v) is 13.8. The second-order valence-electron chi connectivity index (χ2n) is 7.17. The Bertz CT molecular complexity index is 265. The van der Waals surface area contributed by atoms with Gasteiger partial charge >= 0.3 is 0 Å². The van der Waals surface area contributed by atoms with Crippen LogP contribution in [0.15, 0.2) is 0 Å². The molecule has 0 aromatic carbocycles. The fourth-order valence-corrected chi connectivity index (χ4v) is 3.02. The van der Waals surface area contributed by atoms with E-state index >= 15 is 0 Å². The van der Waals surface area contributed by atoms with E-state index in [9.17, 15) is 0 Å². The Balaban J connectivity index is 2.57. The summed E-state index contributed by atoms with van der Waals surface area (Å²) < 4.78 is 0. The molecule has 0 spiro atoms. The molecule has 0 aromatic rings. The third kappa shape index (κ3) is 4.44. The van der Waals surface area contributed by atoms with Crippen LogP contribution in [0.2, 0.25) is 0 Å². The van der Waals surface area contributed by atoms with Gasteiger partial charge in [0.15, 0.2) is 0 Å². The van der Waals surface area contributed by atoms with Gasteiger partial charge in [0.05, 0.1) is 0 Å². The fraction of sp³-hybridized carbons (Fsp3) is 1.00. The molecule has 0 bridgehead atoms. The average Bonchev–Trinajstić information content (AvgIpc) is 2.37. The molecule has 0 radical (unpaired) electrons. The Morgan fingerprint density at radius 2 is 1.84 bits per heavy atom. The Morgan fingerprint density at radius 1 is 1.16 bits per heavy atom. The zero-order valence-electron chi connectivity index (χ0n) is 13.8. The number of nitrogens with two attached hydrogens (primary N) is 1. The molecule has 1 atom stereocenters. The molecule has 1 heterocycles. The number of hydrogen-bond donors (Lipinski definition) is 1. The lowest BCUT2D eigenvalue weighted by Gasteiger charge is -2.52. The van der Waals surface area contributed by atoms with Gasteiger partial charge in [0.1, 0.15) is 0 Å².